The second-order valence-electron chi connectivity index (χ2n) is 16.5. The van der Waals surface area contributed by atoms with Crippen molar-refractivity contribution >= 4 is 92.5 Å². The van der Waals surface area contributed by atoms with E-state index >= 15 is 0 Å². The van der Waals surface area contributed by atoms with Crippen LogP contribution in [0.2, 0.25) is 0 Å². The quantitative estimate of drug-likeness (QED) is 0.152. The first-order valence-corrected chi connectivity index (χ1v) is 21.1. The van der Waals surface area contributed by atoms with Crippen LogP contribution in [0.4, 0.5) is 17.1 Å². The van der Waals surface area contributed by atoms with E-state index in [2.05, 4.69) is 229 Å². The summed E-state index contributed by atoms with van der Waals surface area (Å²) in [4.78, 5) is 2.38. The number of anilines is 3. The largest absolute Gasteiger partial charge is 0.311 e. The van der Waals surface area contributed by atoms with Crippen molar-refractivity contribution in [3.8, 4) is 33.4 Å². The molecule has 0 aliphatic heterocycles. The highest BCUT2D eigenvalue weighted by molar-refractivity contribution is 6.25. The maximum Gasteiger partial charge on any atom is 0.0462 e. The molecule has 0 spiro atoms. The van der Waals surface area contributed by atoms with Crippen molar-refractivity contribution in [2.75, 3.05) is 4.90 Å². The predicted octanol–water partition coefficient (Wildman–Crippen LogP) is 17.1. The van der Waals surface area contributed by atoms with E-state index in [4.69, 9.17) is 0 Å². The molecule has 0 bridgehead atoms. The Balaban J connectivity index is 0.900. The first kappa shape index (κ1) is 33.9. The molecular weight excluding hydrogens is 735 g/mol. The molecule has 13 rings (SSSR count). The maximum atomic E-state index is 2.38. The average molecular weight is 772 g/mol. The Labute approximate surface area is 353 Å². The number of nitrogens with zero attached hydrogens (tertiary/aromatic N) is 1. The lowest BCUT2D eigenvalue weighted by atomic mass is 9.91. The lowest BCUT2D eigenvalue weighted by Crippen LogP contribution is -2.09. The van der Waals surface area contributed by atoms with Gasteiger partial charge in [-0.2, -0.15) is 0 Å². The van der Waals surface area contributed by atoms with Crippen molar-refractivity contribution in [3.63, 3.8) is 0 Å². The van der Waals surface area contributed by atoms with E-state index < -0.39 is 0 Å². The van der Waals surface area contributed by atoms with Crippen LogP contribution in [0.5, 0.6) is 0 Å². The summed E-state index contributed by atoms with van der Waals surface area (Å²) in [5.41, 5.74) is 10.6. The Morgan fingerprint density at radius 3 is 0.984 bits per heavy atom. The average Bonchev–Trinajstić information content (AvgIpc) is 3.33. The topological polar surface area (TPSA) is 3.24 Å². The number of fused-ring (bicyclic) bond motifs is 1. The molecule has 0 saturated carbocycles. The molecule has 0 atom stereocenters. The van der Waals surface area contributed by atoms with Gasteiger partial charge in [-0.1, -0.05) is 164 Å². The third-order valence-corrected chi connectivity index (χ3v) is 13.1. The second kappa shape index (κ2) is 13.3. The van der Waals surface area contributed by atoms with Crippen LogP contribution in [0, 0.1) is 0 Å². The summed E-state index contributed by atoms with van der Waals surface area (Å²) in [5.74, 6) is 0. The fraction of sp³-hybridized carbons (Fsp3) is 0. The highest BCUT2D eigenvalue weighted by Crippen LogP contribution is 2.42. The summed E-state index contributed by atoms with van der Waals surface area (Å²) in [7, 11) is 0. The summed E-state index contributed by atoms with van der Waals surface area (Å²) in [6.45, 7) is 0. The first-order chi connectivity index (χ1) is 30.2. The number of rotatable bonds is 6. The molecule has 0 aliphatic carbocycles. The molecule has 0 N–H and O–H groups in total. The smallest absolute Gasteiger partial charge is 0.0462 e. The highest BCUT2D eigenvalue weighted by Gasteiger charge is 2.17. The predicted molar refractivity (Wildman–Crippen MR) is 262 cm³/mol. The molecule has 0 fully saturated rings. The van der Waals surface area contributed by atoms with Gasteiger partial charge in [0.25, 0.3) is 0 Å². The van der Waals surface area contributed by atoms with Crippen LogP contribution in [0.1, 0.15) is 0 Å². The fourth-order valence-electron chi connectivity index (χ4n) is 10.2. The molecule has 61 heavy (non-hydrogen) atoms. The van der Waals surface area contributed by atoms with E-state index in [9.17, 15) is 0 Å². The van der Waals surface area contributed by atoms with Crippen molar-refractivity contribution < 1.29 is 0 Å². The van der Waals surface area contributed by atoms with E-state index in [1.165, 1.54) is 109 Å². The van der Waals surface area contributed by atoms with Gasteiger partial charge >= 0.3 is 0 Å². The molecule has 0 aromatic heterocycles. The van der Waals surface area contributed by atoms with Crippen molar-refractivity contribution in [3.05, 3.63) is 224 Å². The molecule has 0 radical (unpaired) electrons. The van der Waals surface area contributed by atoms with Crippen molar-refractivity contribution in [2.24, 2.45) is 0 Å². The fourth-order valence-corrected chi connectivity index (χ4v) is 10.2. The zero-order valence-corrected chi connectivity index (χ0v) is 33.3. The van der Waals surface area contributed by atoms with Crippen LogP contribution in [0.15, 0.2) is 224 Å². The molecule has 0 heterocycles. The van der Waals surface area contributed by atoms with E-state index in [0.717, 1.165) is 17.1 Å². The van der Waals surface area contributed by atoms with Crippen LogP contribution >= 0.6 is 0 Å². The van der Waals surface area contributed by atoms with Crippen molar-refractivity contribution in [1.29, 1.82) is 0 Å². The second-order valence-corrected chi connectivity index (χ2v) is 16.5. The zero-order valence-electron chi connectivity index (χ0n) is 33.3. The molecule has 0 aliphatic rings. The molecule has 282 valence electrons. The summed E-state index contributed by atoms with van der Waals surface area (Å²) < 4.78 is 0. The molecule has 13 aromatic carbocycles. The molecule has 1 nitrogen and oxygen atoms in total. The van der Waals surface area contributed by atoms with E-state index in [-0.39, 0.29) is 0 Å². The molecule has 0 amide bonds. The van der Waals surface area contributed by atoms with Crippen LogP contribution < -0.4 is 4.90 Å². The molecule has 1 heteroatoms. The van der Waals surface area contributed by atoms with Gasteiger partial charge in [-0.05, 0) is 169 Å². The van der Waals surface area contributed by atoms with Gasteiger partial charge in [0, 0.05) is 17.1 Å². The maximum absolute atomic E-state index is 2.38. The van der Waals surface area contributed by atoms with Crippen LogP contribution in [-0.4, -0.2) is 0 Å². The standard InChI is InChI=1S/C60H37N/c1-2-12-55-40(6-1)7-5-13-56(55)41-26-32-54(33-27-41)61(52-28-22-38(23-29-52)50-34-46-18-14-42-8-3-9-43-15-19-47(35-50)59(46)57(42)43)53-30-24-39(25-31-53)51-36-48-20-16-44-10-4-11-45-17-21-49(37-51)60(48)58(44)45/h1-37H. The Morgan fingerprint density at radius 1 is 0.213 bits per heavy atom. The molecule has 13 aromatic rings. The van der Waals surface area contributed by atoms with E-state index in [1.807, 2.05) is 0 Å². The monoisotopic (exact) mass is 771 g/mol. The zero-order chi connectivity index (χ0) is 40.0. The van der Waals surface area contributed by atoms with Crippen LogP contribution in [0.3, 0.4) is 0 Å². The Morgan fingerprint density at radius 2 is 0.541 bits per heavy atom. The summed E-state index contributed by atoms with van der Waals surface area (Å²) >= 11 is 0. The normalized spacial score (nSPS) is 11.9. The third-order valence-electron chi connectivity index (χ3n) is 13.1. The van der Waals surface area contributed by atoms with Crippen molar-refractivity contribution in [2.45, 2.75) is 0 Å². The molecule has 0 saturated heterocycles. The summed E-state index contributed by atoms with van der Waals surface area (Å²) in [6, 6.07) is 83.2. The Bertz CT molecular complexity index is 3460. The summed E-state index contributed by atoms with van der Waals surface area (Å²) in [6.07, 6.45) is 0. The van der Waals surface area contributed by atoms with Gasteiger partial charge in [-0.15, -0.1) is 0 Å². The van der Waals surface area contributed by atoms with Gasteiger partial charge in [-0.25, -0.2) is 0 Å². The van der Waals surface area contributed by atoms with E-state index in [0.29, 0.717) is 0 Å². The van der Waals surface area contributed by atoms with Crippen molar-refractivity contribution in [1.82, 2.24) is 0 Å². The minimum atomic E-state index is 1.11. The Hall–Kier alpha value is -8.00. The number of hydrogen-bond donors (Lipinski definition) is 0. The first-order valence-electron chi connectivity index (χ1n) is 21.1. The molecule has 0 unspecified atom stereocenters. The lowest BCUT2D eigenvalue weighted by molar-refractivity contribution is 1.28. The minimum absolute atomic E-state index is 1.11. The van der Waals surface area contributed by atoms with Gasteiger partial charge in [0.2, 0.25) is 0 Å². The molecular formula is C60H37N. The lowest BCUT2D eigenvalue weighted by Gasteiger charge is -2.26. The number of benzene rings is 13. The van der Waals surface area contributed by atoms with Gasteiger partial charge in [-0.3, -0.25) is 0 Å². The van der Waals surface area contributed by atoms with Crippen LogP contribution in [-0.2, 0) is 0 Å². The third kappa shape index (κ3) is 5.41. The van der Waals surface area contributed by atoms with Gasteiger partial charge in [0.1, 0.15) is 0 Å². The van der Waals surface area contributed by atoms with E-state index in [1.54, 1.807) is 0 Å². The van der Waals surface area contributed by atoms with Gasteiger partial charge in [0.05, 0.1) is 0 Å². The van der Waals surface area contributed by atoms with Gasteiger partial charge < -0.3 is 4.90 Å². The summed E-state index contributed by atoms with van der Waals surface area (Å²) in [5, 5.41) is 18.2. The Kier molecular flexibility index (Phi) is 7.37. The highest BCUT2D eigenvalue weighted by atomic mass is 15.1. The number of hydrogen-bond acceptors (Lipinski definition) is 1. The van der Waals surface area contributed by atoms with Gasteiger partial charge in [0.15, 0.2) is 0 Å². The SMILES string of the molecule is c1ccc2c(-c3ccc(N(c4ccc(-c5cc6ccc7cccc8ccc(c5)c6c78)cc4)c4ccc(-c5cc6ccc7cccc8ccc(c5)c6c78)cc4)cc3)cccc2c1. The van der Waals surface area contributed by atoms with Crippen LogP contribution in [0.25, 0.3) is 109 Å². The minimum Gasteiger partial charge on any atom is -0.311 e.